The van der Waals surface area contributed by atoms with Crippen molar-refractivity contribution in [2.45, 2.75) is 39.8 Å². The van der Waals surface area contributed by atoms with Gasteiger partial charge in [-0.05, 0) is 33.8 Å². The molecule has 0 saturated carbocycles. The zero-order valence-corrected chi connectivity index (χ0v) is 12.2. The summed E-state index contributed by atoms with van der Waals surface area (Å²) < 4.78 is 11.2. The van der Waals surface area contributed by atoms with E-state index >= 15 is 0 Å². The van der Waals surface area contributed by atoms with Gasteiger partial charge in [-0.25, -0.2) is 0 Å². The molecule has 0 aromatic heterocycles. The van der Waals surface area contributed by atoms with Gasteiger partial charge < -0.3 is 14.8 Å². The van der Waals surface area contributed by atoms with Crippen molar-refractivity contribution in [3.05, 3.63) is 23.8 Å². The SMILES string of the molecule is C#CCOc1c(CNC(C)(C)C)cccc1OCC. The van der Waals surface area contributed by atoms with Crippen molar-refractivity contribution in [1.29, 1.82) is 0 Å². The Morgan fingerprint density at radius 2 is 2.00 bits per heavy atom. The fourth-order valence-electron chi connectivity index (χ4n) is 1.61. The van der Waals surface area contributed by atoms with E-state index in [2.05, 4.69) is 32.0 Å². The molecule has 3 nitrogen and oxygen atoms in total. The van der Waals surface area contributed by atoms with Gasteiger partial charge in [0.1, 0.15) is 6.61 Å². The Balaban J connectivity index is 2.94. The minimum absolute atomic E-state index is 0.0466. The van der Waals surface area contributed by atoms with E-state index in [4.69, 9.17) is 15.9 Å². The molecule has 0 saturated heterocycles. The highest BCUT2D eigenvalue weighted by Gasteiger charge is 2.14. The van der Waals surface area contributed by atoms with Crippen LogP contribution in [0, 0.1) is 12.3 Å². The van der Waals surface area contributed by atoms with Crippen LogP contribution in [0.2, 0.25) is 0 Å². The lowest BCUT2D eigenvalue weighted by Crippen LogP contribution is -2.35. The van der Waals surface area contributed by atoms with E-state index in [1.807, 2.05) is 25.1 Å². The predicted molar refractivity (Wildman–Crippen MR) is 78.5 cm³/mol. The van der Waals surface area contributed by atoms with Crippen molar-refractivity contribution in [3.8, 4) is 23.8 Å². The lowest BCUT2D eigenvalue weighted by atomic mass is 10.1. The van der Waals surface area contributed by atoms with E-state index in [0.29, 0.717) is 13.2 Å². The molecule has 0 fully saturated rings. The highest BCUT2D eigenvalue weighted by atomic mass is 16.5. The molecule has 0 spiro atoms. The average molecular weight is 261 g/mol. The molecule has 1 N–H and O–H groups in total. The summed E-state index contributed by atoms with van der Waals surface area (Å²) in [5.41, 5.74) is 1.10. The summed E-state index contributed by atoms with van der Waals surface area (Å²) in [5.74, 6) is 3.96. The fourth-order valence-corrected chi connectivity index (χ4v) is 1.61. The maximum absolute atomic E-state index is 5.63. The molecule has 0 aliphatic rings. The number of hydrogen-bond donors (Lipinski definition) is 1. The van der Waals surface area contributed by atoms with Gasteiger partial charge in [0.15, 0.2) is 11.5 Å². The van der Waals surface area contributed by atoms with Gasteiger partial charge in [0.05, 0.1) is 6.61 Å². The highest BCUT2D eigenvalue weighted by molar-refractivity contribution is 5.46. The quantitative estimate of drug-likeness (QED) is 0.799. The Hall–Kier alpha value is -1.66. The normalized spacial score (nSPS) is 10.9. The van der Waals surface area contributed by atoms with Crippen molar-refractivity contribution in [2.75, 3.05) is 13.2 Å². The van der Waals surface area contributed by atoms with E-state index in [0.717, 1.165) is 17.1 Å². The smallest absolute Gasteiger partial charge is 0.167 e. The minimum atomic E-state index is 0.0466. The predicted octanol–water partition coefficient (Wildman–Crippen LogP) is 2.99. The zero-order valence-electron chi connectivity index (χ0n) is 12.2. The van der Waals surface area contributed by atoms with Crippen LogP contribution in [0.1, 0.15) is 33.3 Å². The summed E-state index contributed by atoms with van der Waals surface area (Å²) in [6, 6.07) is 5.89. The van der Waals surface area contributed by atoms with E-state index < -0.39 is 0 Å². The Morgan fingerprint density at radius 1 is 1.26 bits per heavy atom. The summed E-state index contributed by atoms with van der Waals surface area (Å²) >= 11 is 0. The van der Waals surface area contributed by atoms with Crippen LogP contribution in [-0.4, -0.2) is 18.8 Å². The fraction of sp³-hybridized carbons (Fsp3) is 0.500. The van der Waals surface area contributed by atoms with Crippen LogP contribution in [0.3, 0.4) is 0 Å². The average Bonchev–Trinajstić information content (AvgIpc) is 2.34. The molecule has 3 heteroatoms. The lowest BCUT2D eigenvalue weighted by Gasteiger charge is -2.22. The first-order valence-electron chi connectivity index (χ1n) is 6.54. The molecule has 0 aliphatic heterocycles. The summed E-state index contributed by atoms with van der Waals surface area (Å²) in [6.45, 7) is 9.88. The molecule has 0 bridgehead atoms. The van der Waals surface area contributed by atoms with Crippen molar-refractivity contribution in [3.63, 3.8) is 0 Å². The molecule has 0 atom stereocenters. The first kappa shape index (κ1) is 15.4. The summed E-state index contributed by atoms with van der Waals surface area (Å²) in [7, 11) is 0. The van der Waals surface area contributed by atoms with Crippen molar-refractivity contribution in [2.24, 2.45) is 0 Å². The Kier molecular flexibility index (Phi) is 5.72. The van der Waals surface area contributed by atoms with Crippen molar-refractivity contribution >= 4 is 0 Å². The third-order valence-corrected chi connectivity index (χ3v) is 2.47. The summed E-state index contributed by atoms with van der Waals surface area (Å²) in [4.78, 5) is 0. The minimum Gasteiger partial charge on any atom is -0.490 e. The molecule has 0 unspecified atom stereocenters. The molecule has 0 heterocycles. The highest BCUT2D eigenvalue weighted by Crippen LogP contribution is 2.31. The van der Waals surface area contributed by atoms with E-state index in [-0.39, 0.29) is 12.1 Å². The standard InChI is InChI=1S/C16H23NO2/c1-6-11-19-15-13(12-17-16(3,4)5)9-8-10-14(15)18-7-2/h1,8-10,17H,7,11-12H2,2-5H3. The largest absolute Gasteiger partial charge is 0.490 e. The first-order chi connectivity index (χ1) is 8.98. The van der Waals surface area contributed by atoms with Gasteiger partial charge in [-0.15, -0.1) is 6.42 Å². The van der Waals surface area contributed by atoms with Crippen molar-refractivity contribution in [1.82, 2.24) is 5.32 Å². The van der Waals surface area contributed by atoms with Gasteiger partial charge in [0.2, 0.25) is 0 Å². The number of hydrogen-bond acceptors (Lipinski definition) is 3. The van der Waals surface area contributed by atoms with Gasteiger partial charge in [0, 0.05) is 17.6 Å². The maximum Gasteiger partial charge on any atom is 0.167 e. The Morgan fingerprint density at radius 3 is 2.58 bits per heavy atom. The number of para-hydroxylation sites is 1. The molecule has 19 heavy (non-hydrogen) atoms. The monoisotopic (exact) mass is 261 g/mol. The molecule has 1 aromatic carbocycles. The Bertz CT molecular complexity index is 441. The van der Waals surface area contributed by atoms with E-state index in [1.54, 1.807) is 0 Å². The molecule has 1 rings (SSSR count). The lowest BCUT2D eigenvalue weighted by molar-refractivity contribution is 0.295. The van der Waals surface area contributed by atoms with Crippen LogP contribution in [0.4, 0.5) is 0 Å². The molecule has 0 amide bonds. The molecule has 1 aromatic rings. The van der Waals surface area contributed by atoms with Crippen LogP contribution >= 0.6 is 0 Å². The van der Waals surface area contributed by atoms with Gasteiger partial charge in [0.25, 0.3) is 0 Å². The van der Waals surface area contributed by atoms with Crippen molar-refractivity contribution < 1.29 is 9.47 Å². The molecular formula is C16H23NO2. The van der Waals surface area contributed by atoms with Crippen LogP contribution in [0.15, 0.2) is 18.2 Å². The maximum atomic E-state index is 5.63. The first-order valence-corrected chi connectivity index (χ1v) is 6.54. The second-order valence-corrected chi connectivity index (χ2v) is 5.27. The van der Waals surface area contributed by atoms with E-state index in [9.17, 15) is 0 Å². The topological polar surface area (TPSA) is 30.5 Å². The van der Waals surface area contributed by atoms with Crippen LogP contribution in [0.25, 0.3) is 0 Å². The number of nitrogens with one attached hydrogen (secondary N) is 1. The molecule has 0 aliphatic carbocycles. The van der Waals surface area contributed by atoms with Gasteiger partial charge in [-0.1, -0.05) is 18.1 Å². The van der Waals surface area contributed by atoms with E-state index in [1.165, 1.54) is 0 Å². The number of terminal acetylenes is 1. The second-order valence-electron chi connectivity index (χ2n) is 5.27. The van der Waals surface area contributed by atoms with Gasteiger partial charge in [-0.2, -0.15) is 0 Å². The number of ether oxygens (including phenoxy) is 2. The number of rotatable bonds is 6. The van der Waals surface area contributed by atoms with Gasteiger partial charge >= 0.3 is 0 Å². The molecule has 0 radical (unpaired) electrons. The third kappa shape index (κ3) is 5.23. The van der Waals surface area contributed by atoms with Crippen LogP contribution < -0.4 is 14.8 Å². The number of benzene rings is 1. The Labute approximate surface area is 116 Å². The zero-order chi connectivity index (χ0) is 14.3. The summed E-state index contributed by atoms with van der Waals surface area (Å²) in [6.07, 6.45) is 5.26. The van der Waals surface area contributed by atoms with Gasteiger partial charge in [-0.3, -0.25) is 0 Å². The third-order valence-electron chi connectivity index (χ3n) is 2.47. The second kappa shape index (κ2) is 7.06. The van der Waals surface area contributed by atoms with Crippen LogP contribution in [-0.2, 0) is 6.54 Å². The summed E-state index contributed by atoms with van der Waals surface area (Å²) in [5, 5.41) is 3.44. The molecule has 104 valence electrons. The van der Waals surface area contributed by atoms with Crippen LogP contribution in [0.5, 0.6) is 11.5 Å². The molecular weight excluding hydrogens is 238 g/mol.